The molecule has 1 saturated carbocycles. The zero-order valence-corrected chi connectivity index (χ0v) is 11.4. The molecule has 0 aliphatic heterocycles. The van der Waals surface area contributed by atoms with Gasteiger partial charge in [-0.05, 0) is 32.7 Å². The van der Waals surface area contributed by atoms with Crippen LogP contribution in [-0.4, -0.2) is 43.6 Å². The third kappa shape index (κ3) is 3.43. The van der Waals surface area contributed by atoms with Crippen molar-refractivity contribution in [2.45, 2.75) is 51.3 Å². The zero-order chi connectivity index (χ0) is 12.2. The molecule has 0 aromatic carbocycles. The van der Waals surface area contributed by atoms with E-state index >= 15 is 0 Å². The first-order valence-electron chi connectivity index (χ1n) is 6.25. The molecular formula is C11H24N2O2S. The van der Waals surface area contributed by atoms with Gasteiger partial charge < -0.3 is 5.32 Å². The van der Waals surface area contributed by atoms with E-state index < -0.39 is 10.0 Å². The molecule has 16 heavy (non-hydrogen) atoms. The second-order valence-corrected chi connectivity index (χ2v) is 6.80. The highest BCUT2D eigenvalue weighted by Gasteiger charge is 2.38. The third-order valence-electron chi connectivity index (χ3n) is 2.96. The Morgan fingerprint density at radius 1 is 1.38 bits per heavy atom. The molecule has 4 nitrogen and oxygen atoms in total. The van der Waals surface area contributed by atoms with Crippen molar-refractivity contribution in [1.82, 2.24) is 9.62 Å². The van der Waals surface area contributed by atoms with Crippen molar-refractivity contribution in [3.8, 4) is 0 Å². The molecule has 1 fully saturated rings. The molecule has 0 aromatic heterocycles. The molecule has 0 saturated heterocycles. The molecule has 1 N–H and O–H groups in total. The Labute approximate surface area is 99.5 Å². The van der Waals surface area contributed by atoms with Crippen LogP contribution in [0.3, 0.4) is 0 Å². The van der Waals surface area contributed by atoms with Crippen LogP contribution in [0, 0.1) is 0 Å². The molecule has 1 atom stereocenters. The predicted octanol–water partition coefficient (Wildman–Crippen LogP) is 1.19. The summed E-state index contributed by atoms with van der Waals surface area (Å²) >= 11 is 0. The van der Waals surface area contributed by atoms with Crippen molar-refractivity contribution < 1.29 is 8.42 Å². The largest absolute Gasteiger partial charge is 0.315 e. The van der Waals surface area contributed by atoms with Crippen LogP contribution in [0.15, 0.2) is 0 Å². The molecule has 1 aliphatic rings. The van der Waals surface area contributed by atoms with E-state index in [4.69, 9.17) is 0 Å². The summed E-state index contributed by atoms with van der Waals surface area (Å²) in [4.78, 5) is 0. The van der Waals surface area contributed by atoms with E-state index in [0.29, 0.717) is 13.1 Å². The molecule has 1 rings (SSSR count). The van der Waals surface area contributed by atoms with E-state index in [1.165, 1.54) is 0 Å². The fourth-order valence-electron chi connectivity index (χ4n) is 1.83. The Morgan fingerprint density at radius 2 is 2.00 bits per heavy atom. The minimum atomic E-state index is -3.10. The maximum absolute atomic E-state index is 12.2. The van der Waals surface area contributed by atoms with Crippen molar-refractivity contribution in [2.24, 2.45) is 0 Å². The maximum Gasteiger partial charge on any atom is 0.218 e. The molecule has 0 radical (unpaired) electrons. The lowest BCUT2D eigenvalue weighted by molar-refractivity contribution is 0.411. The first-order valence-corrected chi connectivity index (χ1v) is 7.75. The minimum absolute atomic E-state index is 0.281. The summed E-state index contributed by atoms with van der Waals surface area (Å²) in [6.07, 6.45) is 3.09. The maximum atomic E-state index is 12.2. The third-order valence-corrected chi connectivity index (χ3v) is 5.35. The van der Waals surface area contributed by atoms with Crippen LogP contribution in [0.25, 0.3) is 0 Å². The van der Waals surface area contributed by atoms with E-state index in [-0.39, 0.29) is 11.3 Å². The lowest BCUT2D eigenvalue weighted by atomic mass is 10.4. The fourth-order valence-corrected chi connectivity index (χ4v) is 3.60. The summed E-state index contributed by atoms with van der Waals surface area (Å²) < 4.78 is 26.1. The lowest BCUT2D eigenvalue weighted by Gasteiger charge is -2.24. The summed E-state index contributed by atoms with van der Waals surface area (Å²) in [5.41, 5.74) is 0. The Hall–Kier alpha value is -0.130. The Balaban J connectivity index is 2.53. The first kappa shape index (κ1) is 13.9. The number of sulfonamides is 1. The van der Waals surface area contributed by atoms with Crippen LogP contribution in [0.2, 0.25) is 0 Å². The molecule has 0 amide bonds. The highest BCUT2D eigenvalue weighted by Crippen LogP contribution is 2.30. The summed E-state index contributed by atoms with van der Waals surface area (Å²) in [6, 6.07) is 0.281. The molecular weight excluding hydrogens is 224 g/mol. The quantitative estimate of drug-likeness (QED) is 0.656. The van der Waals surface area contributed by atoms with Crippen molar-refractivity contribution >= 4 is 10.0 Å². The summed E-state index contributed by atoms with van der Waals surface area (Å²) in [6.45, 7) is 7.83. The fraction of sp³-hybridized carbons (Fsp3) is 1.00. The van der Waals surface area contributed by atoms with Crippen molar-refractivity contribution in [3.63, 3.8) is 0 Å². The minimum Gasteiger partial charge on any atom is -0.315 e. The van der Waals surface area contributed by atoms with Gasteiger partial charge in [-0.15, -0.1) is 0 Å². The van der Waals surface area contributed by atoms with Gasteiger partial charge in [-0.3, -0.25) is 0 Å². The Kier molecular flexibility index (Phi) is 5.21. The number of nitrogens with zero attached hydrogens (tertiary/aromatic N) is 1. The normalized spacial score (nSPS) is 19.0. The summed E-state index contributed by atoms with van der Waals surface area (Å²) in [7, 11) is -3.10. The topological polar surface area (TPSA) is 49.4 Å². The lowest BCUT2D eigenvalue weighted by Crippen LogP contribution is -2.43. The smallest absolute Gasteiger partial charge is 0.218 e. The van der Waals surface area contributed by atoms with Gasteiger partial charge in [-0.2, -0.15) is 4.31 Å². The average molecular weight is 248 g/mol. The van der Waals surface area contributed by atoms with Crippen molar-refractivity contribution in [2.75, 3.05) is 19.6 Å². The van der Waals surface area contributed by atoms with Crippen molar-refractivity contribution in [3.05, 3.63) is 0 Å². The Morgan fingerprint density at radius 3 is 2.44 bits per heavy atom. The summed E-state index contributed by atoms with van der Waals surface area (Å²) in [5, 5.41) is 2.85. The van der Waals surface area contributed by atoms with E-state index in [1.54, 1.807) is 11.2 Å². The van der Waals surface area contributed by atoms with E-state index in [0.717, 1.165) is 25.8 Å². The number of nitrogens with one attached hydrogen (secondary N) is 1. The summed E-state index contributed by atoms with van der Waals surface area (Å²) in [5.74, 6) is 0. The molecule has 5 heteroatoms. The van der Waals surface area contributed by atoms with Crippen molar-refractivity contribution in [1.29, 1.82) is 0 Å². The van der Waals surface area contributed by atoms with Gasteiger partial charge in [0.15, 0.2) is 0 Å². The van der Waals surface area contributed by atoms with Gasteiger partial charge in [0.25, 0.3) is 0 Å². The van der Waals surface area contributed by atoms with Crippen LogP contribution in [0.5, 0.6) is 0 Å². The molecule has 0 bridgehead atoms. The van der Waals surface area contributed by atoms with Crippen LogP contribution >= 0.6 is 0 Å². The van der Waals surface area contributed by atoms with Gasteiger partial charge in [0.1, 0.15) is 0 Å². The Bertz CT molecular complexity index is 299. The first-order chi connectivity index (χ1) is 7.54. The molecule has 1 aliphatic carbocycles. The average Bonchev–Trinajstić information content (AvgIpc) is 3.03. The van der Waals surface area contributed by atoms with E-state index in [2.05, 4.69) is 12.2 Å². The van der Waals surface area contributed by atoms with Gasteiger partial charge in [-0.25, -0.2) is 8.42 Å². The number of hydrogen-bond acceptors (Lipinski definition) is 3. The van der Waals surface area contributed by atoms with E-state index in [9.17, 15) is 8.42 Å². The molecule has 1 unspecified atom stereocenters. The van der Waals surface area contributed by atoms with E-state index in [1.807, 2.05) is 6.92 Å². The SMILES string of the molecule is CCCNCC(C)S(=O)(=O)N(CC)C1CC1. The molecule has 0 heterocycles. The predicted molar refractivity (Wildman–Crippen MR) is 66.9 cm³/mol. The van der Waals surface area contributed by atoms with Gasteiger partial charge >= 0.3 is 0 Å². The zero-order valence-electron chi connectivity index (χ0n) is 10.6. The monoisotopic (exact) mass is 248 g/mol. The van der Waals surface area contributed by atoms with Gasteiger partial charge in [-0.1, -0.05) is 13.8 Å². The highest BCUT2D eigenvalue weighted by molar-refractivity contribution is 7.89. The second-order valence-electron chi connectivity index (χ2n) is 4.49. The van der Waals surface area contributed by atoms with Crippen LogP contribution in [-0.2, 0) is 10.0 Å². The standard InChI is InChI=1S/C11H24N2O2S/c1-4-8-12-9-10(3)16(14,15)13(5-2)11-6-7-11/h10-12H,4-9H2,1-3H3. The second kappa shape index (κ2) is 5.98. The van der Waals surface area contributed by atoms with Gasteiger partial charge in [0.05, 0.1) is 5.25 Å². The number of rotatable bonds is 8. The van der Waals surface area contributed by atoms with Crippen LogP contribution in [0.4, 0.5) is 0 Å². The van der Waals surface area contributed by atoms with Gasteiger partial charge in [0, 0.05) is 19.1 Å². The van der Waals surface area contributed by atoms with Crippen LogP contribution in [0.1, 0.15) is 40.0 Å². The molecule has 96 valence electrons. The van der Waals surface area contributed by atoms with Crippen LogP contribution < -0.4 is 5.32 Å². The van der Waals surface area contributed by atoms with Gasteiger partial charge in [0.2, 0.25) is 10.0 Å². The molecule has 0 aromatic rings. The number of hydrogen-bond donors (Lipinski definition) is 1. The highest BCUT2D eigenvalue weighted by atomic mass is 32.2. The molecule has 0 spiro atoms.